The van der Waals surface area contributed by atoms with Crippen LogP contribution in [0.1, 0.15) is 40.5 Å². The van der Waals surface area contributed by atoms with E-state index in [2.05, 4.69) is 27.2 Å². The molecule has 1 aromatic carbocycles. The average molecular weight is 474 g/mol. The number of hydrogen-bond acceptors (Lipinski definition) is 8. The van der Waals surface area contributed by atoms with Gasteiger partial charge in [-0.1, -0.05) is 6.58 Å². The highest BCUT2D eigenvalue weighted by atomic mass is 19.1. The molecule has 9 nitrogen and oxygen atoms in total. The third-order valence-corrected chi connectivity index (χ3v) is 5.94. The molecule has 0 radical (unpaired) electrons. The summed E-state index contributed by atoms with van der Waals surface area (Å²) in [5.74, 6) is -0.234. The van der Waals surface area contributed by atoms with Gasteiger partial charge in [-0.05, 0) is 52.7 Å². The first-order valence-corrected chi connectivity index (χ1v) is 10.9. The summed E-state index contributed by atoms with van der Waals surface area (Å²) in [4.78, 5) is 21.8. The molecule has 0 atom stereocenters. The number of hydrogen-bond donors (Lipinski definition) is 3. The van der Waals surface area contributed by atoms with Crippen LogP contribution in [0.2, 0.25) is 0 Å². The summed E-state index contributed by atoms with van der Waals surface area (Å²) in [7, 11) is 3.09. The number of nitrogens with one attached hydrogen (secondary N) is 2. The maximum atomic E-state index is 14.6. The average Bonchev–Trinajstić information content (AvgIpc) is 2.74. The second-order valence-corrected chi connectivity index (χ2v) is 9.55. The number of rotatable bonds is 8. The van der Waals surface area contributed by atoms with E-state index >= 15 is 0 Å². The maximum Gasteiger partial charge on any atom is 0.351 e. The molecular weight excluding hydrogens is 441 g/mol. The quantitative estimate of drug-likeness (QED) is 0.480. The summed E-state index contributed by atoms with van der Waals surface area (Å²) >= 11 is 0. The zero-order valence-corrected chi connectivity index (χ0v) is 20.4. The largest absolute Gasteiger partial charge is 0.493 e. The molecule has 1 fully saturated rings. The summed E-state index contributed by atoms with van der Waals surface area (Å²) < 4.78 is 25.2. The maximum absolute atomic E-state index is 14.6. The summed E-state index contributed by atoms with van der Waals surface area (Å²) in [6.07, 6.45) is 2.23. The van der Waals surface area contributed by atoms with Crippen LogP contribution in [0.15, 0.2) is 36.7 Å². The van der Waals surface area contributed by atoms with Gasteiger partial charge in [-0.3, -0.25) is 0 Å². The topological polar surface area (TPSA) is 109 Å². The van der Waals surface area contributed by atoms with Crippen LogP contribution in [0.3, 0.4) is 0 Å². The Labute approximate surface area is 199 Å². The molecule has 10 heteroatoms. The molecule has 3 rings (SSSR count). The van der Waals surface area contributed by atoms with Crippen molar-refractivity contribution >= 4 is 23.4 Å². The Balaban J connectivity index is 1.81. The van der Waals surface area contributed by atoms with Crippen molar-refractivity contribution in [2.75, 3.05) is 24.9 Å². The number of benzene rings is 1. The van der Waals surface area contributed by atoms with Crippen molar-refractivity contribution in [3.8, 4) is 11.5 Å². The molecule has 2 aromatic rings. The predicted molar refractivity (Wildman–Crippen MR) is 128 cm³/mol. The van der Waals surface area contributed by atoms with Gasteiger partial charge in [0.25, 0.3) is 0 Å². The monoisotopic (exact) mass is 473 g/mol. The predicted octanol–water partition coefficient (Wildman–Crippen LogP) is 4.41. The van der Waals surface area contributed by atoms with Gasteiger partial charge in [-0.2, -0.15) is 4.98 Å². The van der Waals surface area contributed by atoms with Gasteiger partial charge in [-0.25, -0.2) is 14.2 Å². The lowest BCUT2D eigenvalue weighted by atomic mass is 9.76. The number of piperidine rings is 1. The van der Waals surface area contributed by atoms with Gasteiger partial charge >= 0.3 is 5.97 Å². The summed E-state index contributed by atoms with van der Waals surface area (Å²) in [6.45, 7) is 11.6. The number of nitrogens with zero attached hydrogens (tertiary/aromatic N) is 3. The summed E-state index contributed by atoms with van der Waals surface area (Å²) in [5.41, 5.74) is -0.362. The van der Waals surface area contributed by atoms with Crippen molar-refractivity contribution in [1.29, 1.82) is 0 Å². The minimum absolute atomic E-state index is 0.0445. The lowest BCUT2D eigenvalue weighted by Crippen LogP contribution is -2.62. The van der Waals surface area contributed by atoms with Crippen LogP contribution in [0, 0.1) is 5.82 Å². The summed E-state index contributed by atoms with van der Waals surface area (Å²) in [6, 6.07) is 5.10. The number of aromatic nitrogens is 2. The lowest BCUT2D eigenvalue weighted by molar-refractivity contribution is -0.138. The molecule has 0 spiro atoms. The van der Waals surface area contributed by atoms with Gasteiger partial charge in [0, 0.05) is 28.9 Å². The number of carboxylic acid groups (broad SMARTS) is 1. The van der Waals surface area contributed by atoms with Gasteiger partial charge in [0.05, 0.1) is 20.4 Å². The number of carbonyl (C=O) groups is 1. The van der Waals surface area contributed by atoms with Crippen molar-refractivity contribution in [1.82, 2.24) is 14.9 Å². The molecule has 1 saturated heterocycles. The second kappa shape index (κ2) is 9.36. The van der Waals surface area contributed by atoms with Crippen LogP contribution in [0.25, 0.3) is 0 Å². The summed E-state index contributed by atoms with van der Waals surface area (Å²) in [5, 5.41) is 15.8. The Morgan fingerprint density at radius 2 is 1.79 bits per heavy atom. The smallest absolute Gasteiger partial charge is 0.351 e. The van der Waals surface area contributed by atoms with E-state index in [1.54, 1.807) is 25.3 Å². The van der Waals surface area contributed by atoms with Crippen molar-refractivity contribution in [2.24, 2.45) is 0 Å². The fourth-order valence-electron chi connectivity index (χ4n) is 4.97. The van der Waals surface area contributed by atoms with Gasteiger partial charge in [0.1, 0.15) is 5.70 Å². The minimum atomic E-state index is -1.06. The molecule has 0 unspecified atom stereocenters. The first-order valence-electron chi connectivity index (χ1n) is 10.9. The molecule has 1 aliphatic rings. The normalized spacial score (nSPS) is 17.1. The van der Waals surface area contributed by atoms with Crippen molar-refractivity contribution < 1.29 is 23.8 Å². The molecule has 1 aliphatic heterocycles. The third-order valence-electron chi connectivity index (χ3n) is 5.94. The van der Waals surface area contributed by atoms with Crippen LogP contribution in [0.5, 0.6) is 11.5 Å². The van der Waals surface area contributed by atoms with Crippen LogP contribution >= 0.6 is 0 Å². The zero-order valence-electron chi connectivity index (χ0n) is 20.4. The Hall–Kier alpha value is -3.56. The van der Waals surface area contributed by atoms with Crippen molar-refractivity contribution in [2.45, 2.75) is 57.7 Å². The fourth-order valence-corrected chi connectivity index (χ4v) is 4.97. The molecule has 2 heterocycles. The molecule has 184 valence electrons. The van der Waals surface area contributed by atoms with E-state index in [1.807, 2.05) is 32.6 Å². The highest BCUT2D eigenvalue weighted by Gasteiger charge is 2.47. The first kappa shape index (κ1) is 25.1. The van der Waals surface area contributed by atoms with Crippen molar-refractivity contribution in [3.63, 3.8) is 0 Å². The Bertz CT molecular complexity index is 1070. The van der Waals surface area contributed by atoms with Gasteiger partial charge < -0.3 is 30.1 Å². The number of methoxy groups -OCH3 is 2. The number of anilines is 3. The first-order chi connectivity index (χ1) is 15.9. The van der Waals surface area contributed by atoms with Crippen LogP contribution in [-0.4, -0.2) is 57.3 Å². The van der Waals surface area contributed by atoms with E-state index in [9.17, 15) is 14.3 Å². The number of halogens is 1. The number of likely N-dealkylation sites (tertiary alicyclic amines) is 1. The molecule has 0 amide bonds. The van der Waals surface area contributed by atoms with Gasteiger partial charge in [0.15, 0.2) is 23.1 Å². The lowest BCUT2D eigenvalue weighted by Gasteiger charge is -2.56. The van der Waals surface area contributed by atoms with Gasteiger partial charge in [-0.15, -0.1) is 0 Å². The minimum Gasteiger partial charge on any atom is -0.493 e. The molecule has 34 heavy (non-hydrogen) atoms. The highest BCUT2D eigenvalue weighted by molar-refractivity contribution is 5.85. The van der Waals surface area contributed by atoms with E-state index in [0.29, 0.717) is 30.0 Å². The highest BCUT2D eigenvalue weighted by Crippen LogP contribution is 2.42. The van der Waals surface area contributed by atoms with E-state index < -0.39 is 22.9 Å². The SMILES string of the molecule is C=C(C(=O)O)N1C(C)(C)CC(Nc2nc(Nc3ccc(OC)c(OC)c3)ncc2F)CC1(C)C. The molecular formula is C24H32FN5O4. The van der Waals surface area contributed by atoms with E-state index in [1.165, 1.54) is 7.11 Å². The van der Waals surface area contributed by atoms with E-state index in [-0.39, 0.29) is 23.5 Å². The zero-order chi connectivity index (χ0) is 25.3. The van der Waals surface area contributed by atoms with Crippen molar-refractivity contribution in [3.05, 3.63) is 42.5 Å². The molecule has 0 saturated carbocycles. The Morgan fingerprint density at radius 1 is 1.18 bits per heavy atom. The fraction of sp³-hybridized carbons (Fsp3) is 0.458. The number of aliphatic carboxylic acids is 1. The van der Waals surface area contributed by atoms with E-state index in [0.717, 1.165) is 6.20 Å². The number of carboxylic acids is 1. The van der Waals surface area contributed by atoms with E-state index in [4.69, 9.17) is 9.47 Å². The second-order valence-electron chi connectivity index (χ2n) is 9.55. The third kappa shape index (κ3) is 5.16. The standard InChI is InChI=1S/C24H32FN5O4/c1-14(21(31)32)30-23(2,3)11-16(12-24(30,4)5)27-20-17(25)13-26-22(29-20)28-15-8-9-18(33-6)19(10-15)34-7/h8-10,13,16H,1,11-12H2,2-7H3,(H,31,32)(H2,26,27,28,29). The number of ether oxygens (including phenoxy) is 2. The van der Waals surface area contributed by atoms with Crippen LogP contribution in [0.4, 0.5) is 21.8 Å². The Kier molecular flexibility index (Phi) is 6.90. The van der Waals surface area contributed by atoms with Gasteiger partial charge in [0.2, 0.25) is 5.95 Å². The molecule has 3 N–H and O–H groups in total. The Morgan fingerprint density at radius 3 is 2.35 bits per heavy atom. The van der Waals surface area contributed by atoms with Crippen LogP contribution in [-0.2, 0) is 4.79 Å². The van der Waals surface area contributed by atoms with Crippen LogP contribution < -0.4 is 20.1 Å². The molecule has 1 aromatic heterocycles. The molecule has 0 aliphatic carbocycles. The molecule has 0 bridgehead atoms.